The molecule has 182 valence electrons. The van der Waals surface area contributed by atoms with Crippen LogP contribution in [0.5, 0.6) is 0 Å². The van der Waals surface area contributed by atoms with Gasteiger partial charge in [-0.15, -0.1) is 0 Å². The minimum atomic E-state index is -4.46. The Hall–Kier alpha value is -2.48. The number of nitrogens with one attached hydrogen (secondary N) is 2. The number of aryl methyl sites for hydroxylation is 1. The Bertz CT molecular complexity index is 1200. The molecule has 0 bridgehead atoms. The fourth-order valence-corrected chi connectivity index (χ4v) is 5.17. The van der Waals surface area contributed by atoms with Crippen LogP contribution in [0.25, 0.3) is 0 Å². The number of benzene rings is 2. The van der Waals surface area contributed by atoms with Gasteiger partial charge in [-0.05, 0) is 50.5 Å². The van der Waals surface area contributed by atoms with Crippen molar-refractivity contribution < 1.29 is 39.5 Å². The van der Waals surface area contributed by atoms with Gasteiger partial charge in [0.1, 0.15) is 10.9 Å². The smallest absolute Gasteiger partial charge is 0.323 e. The van der Waals surface area contributed by atoms with Gasteiger partial charge in [-0.2, -0.15) is 4.72 Å². The van der Waals surface area contributed by atoms with Gasteiger partial charge in [-0.1, -0.05) is 17.7 Å². The predicted molar refractivity (Wildman–Crippen MR) is 113 cm³/mol. The first-order valence-corrected chi connectivity index (χ1v) is 12.7. The molecule has 8 nitrogen and oxygen atoms in total. The van der Waals surface area contributed by atoms with E-state index in [1.165, 1.54) is 12.1 Å². The van der Waals surface area contributed by atoms with Crippen molar-refractivity contribution in [2.75, 3.05) is 13.7 Å². The highest BCUT2D eigenvalue weighted by Gasteiger charge is 2.27. The second-order valence-electron chi connectivity index (χ2n) is 7.08. The lowest BCUT2D eigenvalue weighted by molar-refractivity contribution is -0.142. The van der Waals surface area contributed by atoms with Crippen molar-refractivity contribution >= 4 is 26.0 Å². The molecular weight excluding hydrogens is 485 g/mol. The third-order valence-electron chi connectivity index (χ3n) is 4.62. The highest BCUT2D eigenvalue weighted by Crippen LogP contribution is 2.19. The summed E-state index contributed by atoms with van der Waals surface area (Å²) in [6.07, 6.45) is 0.294. The summed E-state index contributed by atoms with van der Waals surface area (Å²) in [5, 5.41) is 0. The first-order chi connectivity index (χ1) is 15.4. The highest BCUT2D eigenvalue weighted by atomic mass is 32.2. The van der Waals surface area contributed by atoms with Crippen LogP contribution in [0.1, 0.15) is 24.8 Å². The molecule has 0 fully saturated rings. The fourth-order valence-electron chi connectivity index (χ4n) is 2.81. The number of hydrogen-bond acceptors (Lipinski definition) is 6. The lowest BCUT2D eigenvalue weighted by Crippen LogP contribution is -2.41. The van der Waals surface area contributed by atoms with Gasteiger partial charge in [0.05, 0.1) is 12.0 Å². The molecule has 33 heavy (non-hydrogen) atoms. The van der Waals surface area contributed by atoms with Crippen LogP contribution in [-0.4, -0.2) is 42.5 Å². The molecule has 2 aromatic carbocycles. The van der Waals surface area contributed by atoms with Gasteiger partial charge in [-0.3, -0.25) is 4.79 Å². The molecule has 0 amide bonds. The van der Waals surface area contributed by atoms with E-state index in [4.69, 9.17) is 0 Å². The number of ether oxygens (including phenoxy) is 1. The molecule has 13 heteroatoms. The summed E-state index contributed by atoms with van der Waals surface area (Å²) in [5.41, 5.74) is 0.851. The minimum absolute atomic E-state index is 0.0149. The number of unbranched alkanes of at least 4 members (excludes halogenated alkanes) is 1. The molecule has 2 N–H and O–H groups in total. The van der Waals surface area contributed by atoms with Crippen molar-refractivity contribution in [2.45, 2.75) is 42.0 Å². The van der Waals surface area contributed by atoms with Crippen molar-refractivity contribution in [3.8, 4) is 0 Å². The van der Waals surface area contributed by atoms with Crippen LogP contribution < -0.4 is 9.44 Å². The predicted octanol–water partition coefficient (Wildman–Crippen LogP) is 2.38. The maximum absolute atomic E-state index is 13.7. The summed E-state index contributed by atoms with van der Waals surface area (Å²) in [5.74, 6) is -6.08. The van der Waals surface area contributed by atoms with Crippen molar-refractivity contribution in [1.82, 2.24) is 9.44 Å². The highest BCUT2D eigenvalue weighted by molar-refractivity contribution is 7.89. The van der Waals surface area contributed by atoms with Crippen molar-refractivity contribution in [2.24, 2.45) is 0 Å². The van der Waals surface area contributed by atoms with E-state index >= 15 is 0 Å². The van der Waals surface area contributed by atoms with Gasteiger partial charge in [0.2, 0.25) is 20.0 Å². The zero-order valence-corrected chi connectivity index (χ0v) is 19.4. The zero-order chi connectivity index (χ0) is 24.8. The molecule has 1 atom stereocenters. The van der Waals surface area contributed by atoms with Gasteiger partial charge in [0.25, 0.3) is 0 Å². The third-order valence-corrected chi connectivity index (χ3v) is 7.58. The quantitative estimate of drug-likeness (QED) is 0.273. The topological polar surface area (TPSA) is 119 Å². The number of esters is 1. The van der Waals surface area contributed by atoms with Crippen molar-refractivity contribution in [3.05, 3.63) is 59.4 Å². The van der Waals surface area contributed by atoms with Gasteiger partial charge in [-0.25, -0.2) is 34.7 Å². The van der Waals surface area contributed by atoms with Crippen LogP contribution in [0, 0.1) is 24.4 Å². The standard InChI is InChI=1S/C20H23F3N2O6S2/c1-13-6-8-14(9-7-13)32(27,28)25-16(20(26)31-2)5-3-4-12-24-33(29,30)17-11-10-15(21)18(22)19(17)23/h6-11,16,24-25H,3-5,12H2,1-2H3. The fraction of sp³-hybridized carbons (Fsp3) is 0.350. The molecule has 0 aromatic heterocycles. The summed E-state index contributed by atoms with van der Waals surface area (Å²) in [6.45, 7) is 1.57. The first-order valence-electron chi connectivity index (χ1n) is 9.69. The summed E-state index contributed by atoms with van der Waals surface area (Å²) >= 11 is 0. The molecule has 2 aromatic rings. The van der Waals surface area contributed by atoms with Crippen LogP contribution in [-0.2, 0) is 29.6 Å². The Morgan fingerprint density at radius 1 is 0.939 bits per heavy atom. The molecule has 0 saturated heterocycles. The second-order valence-corrected chi connectivity index (χ2v) is 10.5. The molecule has 0 aliphatic rings. The third kappa shape index (κ3) is 7.00. The lowest BCUT2D eigenvalue weighted by atomic mass is 10.1. The van der Waals surface area contributed by atoms with Crippen LogP contribution in [0.15, 0.2) is 46.2 Å². The van der Waals surface area contributed by atoms with E-state index in [2.05, 4.69) is 9.46 Å². The Morgan fingerprint density at radius 3 is 2.18 bits per heavy atom. The van der Waals surface area contributed by atoms with E-state index in [-0.39, 0.29) is 30.7 Å². The van der Waals surface area contributed by atoms with Gasteiger partial charge in [0, 0.05) is 6.54 Å². The van der Waals surface area contributed by atoms with Crippen LogP contribution in [0.4, 0.5) is 13.2 Å². The number of halogens is 3. The van der Waals surface area contributed by atoms with Crippen LogP contribution in [0.3, 0.4) is 0 Å². The molecule has 0 aliphatic carbocycles. The molecule has 0 heterocycles. The number of sulfonamides is 2. The number of hydrogen-bond donors (Lipinski definition) is 2. The summed E-state index contributed by atoms with van der Waals surface area (Å²) < 4.78 is 98.3. The Morgan fingerprint density at radius 2 is 1.58 bits per heavy atom. The average Bonchev–Trinajstić information content (AvgIpc) is 2.75. The molecular formula is C20H23F3N2O6S2. The Labute approximate surface area is 190 Å². The summed E-state index contributed by atoms with van der Waals surface area (Å²) in [7, 11) is -7.37. The second kappa shape index (κ2) is 11.1. The Kier molecular flexibility index (Phi) is 9.00. The molecule has 2 rings (SSSR count). The normalized spacial score (nSPS) is 13.0. The lowest BCUT2D eigenvalue weighted by Gasteiger charge is -2.17. The van der Waals surface area contributed by atoms with Crippen LogP contribution in [0.2, 0.25) is 0 Å². The van der Waals surface area contributed by atoms with Crippen molar-refractivity contribution in [1.29, 1.82) is 0 Å². The van der Waals surface area contributed by atoms with Crippen LogP contribution >= 0.6 is 0 Å². The monoisotopic (exact) mass is 508 g/mol. The van der Waals surface area contributed by atoms with Crippen molar-refractivity contribution in [3.63, 3.8) is 0 Å². The maximum Gasteiger partial charge on any atom is 0.323 e. The molecule has 0 spiro atoms. The minimum Gasteiger partial charge on any atom is -0.468 e. The molecule has 0 radical (unpaired) electrons. The number of carbonyl (C=O) groups is 1. The first kappa shape index (κ1) is 26.8. The number of carbonyl (C=O) groups excluding carboxylic acids is 1. The number of methoxy groups -OCH3 is 1. The van der Waals surface area contributed by atoms with E-state index in [0.717, 1.165) is 12.7 Å². The zero-order valence-electron chi connectivity index (χ0n) is 17.8. The van der Waals surface area contributed by atoms with E-state index in [1.54, 1.807) is 19.1 Å². The Balaban J connectivity index is 1.96. The maximum atomic E-state index is 13.7. The largest absolute Gasteiger partial charge is 0.468 e. The van der Waals surface area contributed by atoms with E-state index < -0.39 is 54.4 Å². The van der Waals surface area contributed by atoms with E-state index in [1.807, 2.05) is 4.72 Å². The van der Waals surface area contributed by atoms with E-state index in [0.29, 0.717) is 12.1 Å². The summed E-state index contributed by atoms with van der Waals surface area (Å²) in [4.78, 5) is 10.9. The molecule has 0 aliphatic heterocycles. The number of rotatable bonds is 11. The summed E-state index contributed by atoms with van der Waals surface area (Å²) in [6, 6.07) is 5.85. The average molecular weight is 509 g/mol. The van der Waals surface area contributed by atoms with E-state index in [9.17, 15) is 34.8 Å². The van der Waals surface area contributed by atoms with Gasteiger partial charge < -0.3 is 4.74 Å². The van der Waals surface area contributed by atoms with Gasteiger partial charge in [0.15, 0.2) is 17.5 Å². The molecule has 0 saturated carbocycles. The molecule has 1 unspecified atom stereocenters. The van der Waals surface area contributed by atoms with Gasteiger partial charge >= 0.3 is 5.97 Å². The SMILES string of the molecule is COC(=O)C(CCCCNS(=O)(=O)c1ccc(F)c(F)c1F)NS(=O)(=O)c1ccc(C)cc1.